The first-order valence-electron chi connectivity index (χ1n) is 9.78. The number of carbonyl (C=O) groups is 1. The van der Waals surface area contributed by atoms with Crippen LogP contribution in [0.3, 0.4) is 0 Å². The van der Waals surface area contributed by atoms with Gasteiger partial charge in [-0.1, -0.05) is 43.0 Å². The average Bonchev–Trinajstić information content (AvgIpc) is 3.24. The van der Waals surface area contributed by atoms with Crippen LogP contribution < -0.4 is 5.32 Å². The number of nitrogens with zero attached hydrogens (tertiary/aromatic N) is 4. The van der Waals surface area contributed by atoms with Gasteiger partial charge in [0.15, 0.2) is 11.0 Å². The standard InChI is InChI=1S/C23H20FN5OS/c1-2-16-7-9-18(10-8-16)29-22(17-11-13-25-14-12-17)27-28-23(29)31-15-21(30)26-20-6-4-3-5-19(20)24/h3-14H,2,15H2,1H3,(H,26,30). The summed E-state index contributed by atoms with van der Waals surface area (Å²) in [5.41, 5.74) is 3.14. The molecule has 0 radical (unpaired) electrons. The number of nitrogens with one attached hydrogen (secondary N) is 1. The van der Waals surface area contributed by atoms with E-state index in [1.165, 1.54) is 29.5 Å². The maximum atomic E-state index is 13.8. The Kier molecular flexibility index (Phi) is 6.37. The number of amides is 1. The summed E-state index contributed by atoms with van der Waals surface area (Å²) in [5.74, 6) is -0.0735. The van der Waals surface area contributed by atoms with Gasteiger partial charge in [-0.2, -0.15) is 0 Å². The molecule has 31 heavy (non-hydrogen) atoms. The largest absolute Gasteiger partial charge is 0.323 e. The Labute approximate surface area is 183 Å². The van der Waals surface area contributed by atoms with Crippen molar-refractivity contribution in [2.24, 2.45) is 0 Å². The fourth-order valence-corrected chi connectivity index (χ4v) is 3.80. The maximum Gasteiger partial charge on any atom is 0.234 e. The zero-order valence-electron chi connectivity index (χ0n) is 16.8. The van der Waals surface area contributed by atoms with Crippen molar-refractivity contribution in [3.63, 3.8) is 0 Å². The maximum absolute atomic E-state index is 13.8. The minimum absolute atomic E-state index is 0.0653. The van der Waals surface area contributed by atoms with Gasteiger partial charge in [-0.25, -0.2) is 4.39 Å². The summed E-state index contributed by atoms with van der Waals surface area (Å²) in [7, 11) is 0. The Morgan fingerprint density at radius 3 is 2.48 bits per heavy atom. The molecule has 0 bridgehead atoms. The zero-order chi connectivity index (χ0) is 21.6. The lowest BCUT2D eigenvalue weighted by molar-refractivity contribution is -0.113. The molecule has 8 heteroatoms. The highest BCUT2D eigenvalue weighted by Crippen LogP contribution is 2.28. The second-order valence-electron chi connectivity index (χ2n) is 6.71. The van der Waals surface area contributed by atoms with Crippen LogP contribution in [-0.4, -0.2) is 31.4 Å². The van der Waals surface area contributed by atoms with Gasteiger partial charge in [-0.3, -0.25) is 14.3 Å². The molecule has 2 aromatic carbocycles. The van der Waals surface area contributed by atoms with Crippen molar-refractivity contribution in [3.05, 3.63) is 84.4 Å². The summed E-state index contributed by atoms with van der Waals surface area (Å²) >= 11 is 1.24. The van der Waals surface area contributed by atoms with E-state index < -0.39 is 5.82 Å². The molecule has 1 N–H and O–H groups in total. The van der Waals surface area contributed by atoms with Crippen LogP contribution in [0.4, 0.5) is 10.1 Å². The number of rotatable bonds is 7. The average molecular weight is 434 g/mol. The van der Waals surface area contributed by atoms with Crippen LogP contribution in [-0.2, 0) is 11.2 Å². The van der Waals surface area contributed by atoms with Crippen molar-refractivity contribution in [2.75, 3.05) is 11.1 Å². The summed E-state index contributed by atoms with van der Waals surface area (Å²) in [6.45, 7) is 2.10. The highest BCUT2D eigenvalue weighted by molar-refractivity contribution is 7.99. The summed E-state index contributed by atoms with van der Waals surface area (Å²) in [5, 5.41) is 11.8. The minimum atomic E-state index is -0.472. The number of pyridine rings is 1. The van der Waals surface area contributed by atoms with Gasteiger partial charge >= 0.3 is 0 Å². The molecule has 0 aliphatic rings. The van der Waals surface area contributed by atoms with Crippen LogP contribution in [0.5, 0.6) is 0 Å². The van der Waals surface area contributed by atoms with Gasteiger partial charge in [0.25, 0.3) is 0 Å². The molecular weight excluding hydrogens is 413 g/mol. The molecule has 0 saturated carbocycles. The molecule has 0 spiro atoms. The van der Waals surface area contributed by atoms with Gasteiger partial charge in [0.05, 0.1) is 11.4 Å². The minimum Gasteiger partial charge on any atom is -0.323 e. The number of carbonyl (C=O) groups excluding carboxylic acids is 1. The van der Waals surface area contributed by atoms with Crippen LogP contribution in [0.25, 0.3) is 17.1 Å². The van der Waals surface area contributed by atoms with Gasteiger partial charge < -0.3 is 5.32 Å². The fourth-order valence-electron chi connectivity index (χ4n) is 3.04. The van der Waals surface area contributed by atoms with E-state index in [-0.39, 0.29) is 17.3 Å². The molecule has 0 unspecified atom stereocenters. The number of hydrogen-bond donors (Lipinski definition) is 1. The molecule has 0 aliphatic carbocycles. The fraction of sp³-hybridized carbons (Fsp3) is 0.130. The molecular formula is C23H20FN5OS. The Morgan fingerprint density at radius 2 is 1.77 bits per heavy atom. The van der Waals surface area contributed by atoms with E-state index in [9.17, 15) is 9.18 Å². The van der Waals surface area contributed by atoms with E-state index in [1.54, 1.807) is 24.5 Å². The Balaban J connectivity index is 1.60. The van der Waals surface area contributed by atoms with E-state index >= 15 is 0 Å². The Hall–Kier alpha value is -3.52. The molecule has 2 heterocycles. The van der Waals surface area contributed by atoms with E-state index in [0.29, 0.717) is 11.0 Å². The SMILES string of the molecule is CCc1ccc(-n2c(SCC(=O)Nc3ccccc3F)nnc2-c2ccncc2)cc1. The molecule has 0 saturated heterocycles. The second kappa shape index (κ2) is 9.53. The summed E-state index contributed by atoms with van der Waals surface area (Å²) in [6.07, 6.45) is 4.34. The second-order valence-corrected chi connectivity index (χ2v) is 7.66. The van der Waals surface area contributed by atoms with Crippen molar-refractivity contribution < 1.29 is 9.18 Å². The number of benzene rings is 2. The third-order valence-electron chi connectivity index (χ3n) is 4.65. The van der Waals surface area contributed by atoms with Crippen molar-refractivity contribution >= 4 is 23.4 Å². The van der Waals surface area contributed by atoms with E-state index in [4.69, 9.17) is 0 Å². The van der Waals surface area contributed by atoms with Crippen molar-refractivity contribution in [3.8, 4) is 17.1 Å². The summed E-state index contributed by atoms with van der Waals surface area (Å²) in [6, 6.07) is 17.9. The van der Waals surface area contributed by atoms with Gasteiger partial charge in [-0.05, 0) is 48.4 Å². The molecule has 156 valence electrons. The first-order valence-corrected chi connectivity index (χ1v) is 10.8. The van der Waals surface area contributed by atoms with Gasteiger partial charge in [0, 0.05) is 23.6 Å². The van der Waals surface area contributed by atoms with Gasteiger partial charge in [0.1, 0.15) is 5.82 Å². The monoisotopic (exact) mass is 433 g/mol. The third kappa shape index (κ3) is 4.80. The van der Waals surface area contributed by atoms with E-state index in [2.05, 4.69) is 39.6 Å². The van der Waals surface area contributed by atoms with Crippen LogP contribution in [0.1, 0.15) is 12.5 Å². The van der Waals surface area contributed by atoms with Crippen molar-refractivity contribution in [1.29, 1.82) is 0 Å². The van der Waals surface area contributed by atoms with Crippen molar-refractivity contribution in [2.45, 2.75) is 18.5 Å². The number of hydrogen-bond acceptors (Lipinski definition) is 5. The molecule has 0 fully saturated rings. The van der Waals surface area contributed by atoms with E-state index in [1.807, 2.05) is 28.8 Å². The quantitative estimate of drug-likeness (QED) is 0.426. The lowest BCUT2D eigenvalue weighted by Crippen LogP contribution is -2.15. The number of anilines is 1. The number of para-hydroxylation sites is 1. The number of aryl methyl sites for hydroxylation is 1. The first kappa shape index (κ1) is 20.7. The summed E-state index contributed by atoms with van der Waals surface area (Å²) in [4.78, 5) is 16.4. The van der Waals surface area contributed by atoms with Crippen LogP contribution in [0, 0.1) is 5.82 Å². The Bertz CT molecular complexity index is 1180. The molecule has 0 aliphatic heterocycles. The third-order valence-corrected chi connectivity index (χ3v) is 5.58. The molecule has 4 aromatic rings. The lowest BCUT2D eigenvalue weighted by Gasteiger charge is -2.11. The highest BCUT2D eigenvalue weighted by Gasteiger charge is 2.17. The number of aromatic nitrogens is 4. The van der Waals surface area contributed by atoms with Crippen LogP contribution in [0.15, 0.2) is 78.2 Å². The Morgan fingerprint density at radius 1 is 1.03 bits per heavy atom. The first-order chi connectivity index (χ1) is 15.2. The molecule has 6 nitrogen and oxygen atoms in total. The molecule has 4 rings (SSSR count). The van der Waals surface area contributed by atoms with Crippen molar-refractivity contribution in [1.82, 2.24) is 19.7 Å². The van der Waals surface area contributed by atoms with Gasteiger partial charge in [0.2, 0.25) is 5.91 Å². The van der Waals surface area contributed by atoms with Crippen LogP contribution >= 0.6 is 11.8 Å². The van der Waals surface area contributed by atoms with Crippen LogP contribution in [0.2, 0.25) is 0 Å². The molecule has 0 atom stereocenters. The topological polar surface area (TPSA) is 72.7 Å². The molecule has 2 aromatic heterocycles. The zero-order valence-corrected chi connectivity index (χ0v) is 17.6. The predicted molar refractivity (Wildman–Crippen MR) is 120 cm³/mol. The smallest absolute Gasteiger partial charge is 0.234 e. The normalized spacial score (nSPS) is 10.8. The lowest BCUT2D eigenvalue weighted by atomic mass is 10.1. The molecule has 1 amide bonds. The summed E-state index contributed by atoms with van der Waals surface area (Å²) < 4.78 is 15.7. The highest BCUT2D eigenvalue weighted by atomic mass is 32.2. The predicted octanol–water partition coefficient (Wildman–Crippen LogP) is 4.76. The number of thioether (sulfide) groups is 1. The van der Waals surface area contributed by atoms with E-state index in [0.717, 1.165) is 17.7 Å². The van der Waals surface area contributed by atoms with Gasteiger partial charge in [-0.15, -0.1) is 10.2 Å². The number of halogens is 1.